The van der Waals surface area contributed by atoms with Crippen LogP contribution in [0.25, 0.3) is 21.3 Å². The van der Waals surface area contributed by atoms with Gasteiger partial charge in [0.05, 0.1) is 4.88 Å². The van der Waals surface area contributed by atoms with Gasteiger partial charge in [0.1, 0.15) is 10.3 Å². The van der Waals surface area contributed by atoms with Gasteiger partial charge in [-0.05, 0) is 23.9 Å². The van der Waals surface area contributed by atoms with Crippen LogP contribution in [-0.2, 0) is 0 Å². The number of aromatic nitrogens is 2. The molecule has 84 valence electrons. The number of nitrogens with zero attached hydrogens (tertiary/aromatic N) is 1. The smallest absolute Gasteiger partial charge is 0.127 e. The van der Waals surface area contributed by atoms with E-state index in [-0.39, 0.29) is 0 Å². The fourth-order valence-corrected chi connectivity index (χ4v) is 3.06. The quantitative estimate of drug-likeness (QED) is 0.658. The van der Waals surface area contributed by atoms with Crippen LogP contribution in [0.5, 0.6) is 0 Å². The second-order valence-electron chi connectivity index (χ2n) is 3.88. The van der Waals surface area contributed by atoms with Crippen LogP contribution >= 0.6 is 23.6 Å². The van der Waals surface area contributed by atoms with Crippen molar-refractivity contribution in [1.82, 2.24) is 10.2 Å². The summed E-state index contributed by atoms with van der Waals surface area (Å²) in [7, 11) is 0. The molecular formula is C13H10N2S2. The number of rotatable bonds is 1. The highest BCUT2D eigenvalue weighted by atomic mass is 32.1. The molecule has 0 amide bonds. The maximum Gasteiger partial charge on any atom is 0.127 e. The first-order valence-corrected chi connectivity index (χ1v) is 6.58. The number of aromatic amines is 1. The van der Waals surface area contributed by atoms with Gasteiger partial charge in [-0.1, -0.05) is 36.5 Å². The van der Waals surface area contributed by atoms with E-state index in [1.54, 1.807) is 11.3 Å². The first-order valence-electron chi connectivity index (χ1n) is 5.29. The minimum absolute atomic E-state index is 0.693. The summed E-state index contributed by atoms with van der Waals surface area (Å²) in [5.41, 5.74) is 2.24. The van der Waals surface area contributed by atoms with Gasteiger partial charge in [-0.15, -0.1) is 11.3 Å². The Labute approximate surface area is 108 Å². The van der Waals surface area contributed by atoms with Crippen LogP contribution in [0.3, 0.4) is 0 Å². The molecule has 1 aromatic carbocycles. The summed E-state index contributed by atoms with van der Waals surface area (Å²) in [5, 5.41) is 11.6. The van der Waals surface area contributed by atoms with Crippen molar-refractivity contribution in [2.24, 2.45) is 0 Å². The Hall–Kier alpha value is -1.52. The highest BCUT2D eigenvalue weighted by molar-refractivity contribution is 7.71. The molecule has 4 heteroatoms. The molecule has 3 rings (SSSR count). The summed E-state index contributed by atoms with van der Waals surface area (Å²) in [6, 6.07) is 10.2. The number of thiophene rings is 1. The van der Waals surface area contributed by atoms with Gasteiger partial charge in [0.25, 0.3) is 0 Å². The van der Waals surface area contributed by atoms with E-state index >= 15 is 0 Å². The Morgan fingerprint density at radius 2 is 1.94 bits per heavy atom. The largest absolute Gasteiger partial charge is 0.267 e. The number of hydrogen-bond acceptors (Lipinski definition) is 3. The third-order valence-corrected chi connectivity index (χ3v) is 4.11. The van der Waals surface area contributed by atoms with Crippen LogP contribution in [-0.4, -0.2) is 10.2 Å². The van der Waals surface area contributed by atoms with Crippen molar-refractivity contribution in [3.8, 4) is 10.6 Å². The van der Waals surface area contributed by atoms with Crippen molar-refractivity contribution in [2.45, 2.75) is 6.92 Å². The summed E-state index contributed by atoms with van der Waals surface area (Å²) >= 11 is 6.97. The third-order valence-electron chi connectivity index (χ3n) is 2.77. The van der Waals surface area contributed by atoms with E-state index in [0.29, 0.717) is 4.64 Å². The van der Waals surface area contributed by atoms with Crippen LogP contribution in [0.1, 0.15) is 5.56 Å². The predicted molar refractivity (Wildman–Crippen MR) is 75.0 cm³/mol. The van der Waals surface area contributed by atoms with Crippen molar-refractivity contribution < 1.29 is 0 Å². The van der Waals surface area contributed by atoms with E-state index in [1.165, 1.54) is 10.4 Å². The zero-order valence-corrected chi connectivity index (χ0v) is 10.9. The van der Waals surface area contributed by atoms with Crippen molar-refractivity contribution >= 4 is 34.3 Å². The van der Waals surface area contributed by atoms with Gasteiger partial charge in [0, 0.05) is 10.8 Å². The van der Waals surface area contributed by atoms with Crippen LogP contribution in [0.2, 0.25) is 0 Å². The van der Waals surface area contributed by atoms with Crippen LogP contribution in [0.4, 0.5) is 0 Å². The van der Waals surface area contributed by atoms with Crippen molar-refractivity contribution in [3.05, 3.63) is 45.9 Å². The molecule has 0 saturated carbocycles. The molecule has 0 bridgehead atoms. The van der Waals surface area contributed by atoms with Crippen LogP contribution in [0.15, 0.2) is 35.7 Å². The highest BCUT2D eigenvalue weighted by Gasteiger charge is 2.09. The topological polar surface area (TPSA) is 28.7 Å². The molecule has 0 aliphatic carbocycles. The molecule has 0 saturated heterocycles. The van der Waals surface area contributed by atoms with E-state index in [2.05, 4.69) is 34.6 Å². The monoisotopic (exact) mass is 258 g/mol. The lowest BCUT2D eigenvalue weighted by Crippen LogP contribution is -1.90. The molecule has 0 unspecified atom stereocenters. The lowest BCUT2D eigenvalue weighted by molar-refractivity contribution is 1.04. The Morgan fingerprint density at radius 1 is 1.18 bits per heavy atom. The molecule has 2 heterocycles. The van der Waals surface area contributed by atoms with Crippen LogP contribution in [0, 0.1) is 11.6 Å². The number of H-pyrrole nitrogens is 1. The number of aryl methyl sites for hydroxylation is 1. The Balaban J connectivity index is 2.43. The minimum atomic E-state index is 0.693. The van der Waals surface area contributed by atoms with Gasteiger partial charge in [-0.3, -0.25) is 5.10 Å². The third kappa shape index (κ3) is 1.69. The maximum atomic E-state index is 5.26. The fraction of sp³-hybridized carbons (Fsp3) is 0.0769. The lowest BCUT2D eigenvalue weighted by atomic mass is 10.1. The SMILES string of the molecule is Cc1ccsc1-c1n[nH]c(=S)c2ccccc12. The molecule has 0 aliphatic heterocycles. The lowest BCUT2D eigenvalue weighted by Gasteiger charge is -2.04. The molecule has 3 aromatic rings. The molecule has 0 atom stereocenters. The summed E-state index contributed by atoms with van der Waals surface area (Å²) in [6.07, 6.45) is 0. The van der Waals surface area contributed by atoms with E-state index in [4.69, 9.17) is 12.2 Å². The molecule has 2 nitrogen and oxygen atoms in total. The Morgan fingerprint density at radius 3 is 2.65 bits per heavy atom. The van der Waals surface area contributed by atoms with Gasteiger partial charge in [0.15, 0.2) is 0 Å². The number of hydrogen-bond donors (Lipinski definition) is 1. The van der Waals surface area contributed by atoms with Crippen molar-refractivity contribution in [3.63, 3.8) is 0 Å². The first-order chi connectivity index (χ1) is 8.27. The van der Waals surface area contributed by atoms with Gasteiger partial charge in [0.2, 0.25) is 0 Å². The first kappa shape index (κ1) is 10.6. The van der Waals surface area contributed by atoms with Crippen LogP contribution < -0.4 is 0 Å². The maximum absolute atomic E-state index is 5.26. The fourth-order valence-electron chi connectivity index (χ4n) is 1.90. The Bertz CT molecular complexity index is 740. The zero-order chi connectivity index (χ0) is 11.8. The second kappa shape index (κ2) is 4.05. The second-order valence-corrected chi connectivity index (χ2v) is 5.20. The summed E-state index contributed by atoms with van der Waals surface area (Å²) in [4.78, 5) is 1.20. The molecule has 0 radical (unpaired) electrons. The number of fused-ring (bicyclic) bond motifs is 1. The van der Waals surface area contributed by atoms with Crippen molar-refractivity contribution in [2.75, 3.05) is 0 Å². The summed E-state index contributed by atoms with van der Waals surface area (Å²) in [6.45, 7) is 2.10. The standard InChI is InChI=1S/C13H10N2S2/c1-8-6-7-17-12(8)11-9-4-2-3-5-10(9)13(16)15-14-11/h2-7H,1H3,(H,15,16). The van der Waals surface area contributed by atoms with Crippen molar-refractivity contribution in [1.29, 1.82) is 0 Å². The molecule has 2 aromatic heterocycles. The van der Waals surface area contributed by atoms with E-state index in [9.17, 15) is 0 Å². The molecule has 0 aliphatic rings. The number of benzene rings is 1. The van der Waals surface area contributed by atoms with Gasteiger partial charge in [-0.2, -0.15) is 5.10 Å². The zero-order valence-electron chi connectivity index (χ0n) is 9.23. The molecule has 0 fully saturated rings. The van der Waals surface area contributed by atoms with Gasteiger partial charge < -0.3 is 0 Å². The minimum Gasteiger partial charge on any atom is -0.267 e. The number of nitrogens with one attached hydrogen (secondary N) is 1. The highest BCUT2D eigenvalue weighted by Crippen LogP contribution is 2.32. The summed E-state index contributed by atoms with van der Waals surface area (Å²) in [5.74, 6) is 0. The Kier molecular flexibility index (Phi) is 2.53. The molecular weight excluding hydrogens is 248 g/mol. The predicted octanol–water partition coefficient (Wildman–Crippen LogP) is 4.33. The van der Waals surface area contributed by atoms with E-state index < -0.39 is 0 Å². The average molecular weight is 258 g/mol. The van der Waals surface area contributed by atoms with E-state index in [1.807, 2.05) is 18.2 Å². The van der Waals surface area contributed by atoms with E-state index in [0.717, 1.165) is 16.5 Å². The molecule has 17 heavy (non-hydrogen) atoms. The average Bonchev–Trinajstić information content (AvgIpc) is 2.77. The molecule has 0 spiro atoms. The summed E-state index contributed by atoms with van der Waals surface area (Å²) < 4.78 is 0.693. The molecule has 1 N–H and O–H groups in total. The van der Waals surface area contributed by atoms with Gasteiger partial charge in [-0.25, -0.2) is 0 Å². The van der Waals surface area contributed by atoms with Gasteiger partial charge >= 0.3 is 0 Å². The normalized spacial score (nSPS) is 10.9.